The van der Waals surface area contributed by atoms with Gasteiger partial charge >= 0.3 is 0 Å². The van der Waals surface area contributed by atoms with Crippen LogP contribution in [-0.4, -0.2) is 46.9 Å². The summed E-state index contributed by atoms with van der Waals surface area (Å²) in [6.45, 7) is 5.95. The Balaban J connectivity index is 0.00000420. The summed E-state index contributed by atoms with van der Waals surface area (Å²) < 4.78 is 44.4. The lowest BCUT2D eigenvalue weighted by atomic mass is 10.1. The second kappa shape index (κ2) is 12.5. The van der Waals surface area contributed by atoms with Gasteiger partial charge in [0.05, 0.1) is 18.9 Å². The molecule has 0 aromatic heterocycles. The molecule has 1 unspecified atom stereocenters. The van der Waals surface area contributed by atoms with Crippen molar-refractivity contribution in [3.63, 3.8) is 0 Å². The molecule has 0 aliphatic heterocycles. The van der Waals surface area contributed by atoms with E-state index in [1.54, 1.807) is 6.07 Å². The van der Waals surface area contributed by atoms with Crippen molar-refractivity contribution in [1.29, 1.82) is 0 Å². The fourth-order valence-electron chi connectivity index (χ4n) is 2.53. The predicted octanol–water partition coefficient (Wildman–Crippen LogP) is 2.79. The molecule has 1 aromatic rings. The van der Waals surface area contributed by atoms with Gasteiger partial charge in [0.25, 0.3) is 0 Å². The van der Waals surface area contributed by atoms with Gasteiger partial charge in [0.1, 0.15) is 0 Å². The van der Waals surface area contributed by atoms with Crippen molar-refractivity contribution in [3.8, 4) is 5.75 Å². The monoisotopic (exact) mass is 542 g/mol. The van der Waals surface area contributed by atoms with Crippen LogP contribution in [0, 0.1) is 11.7 Å². The van der Waals surface area contributed by atoms with Crippen LogP contribution in [0.15, 0.2) is 23.2 Å². The molecule has 1 aliphatic carbocycles. The van der Waals surface area contributed by atoms with E-state index in [-0.39, 0.29) is 35.8 Å². The molecule has 10 heteroatoms. The van der Waals surface area contributed by atoms with Gasteiger partial charge in [-0.3, -0.25) is 4.99 Å². The van der Waals surface area contributed by atoms with Crippen molar-refractivity contribution in [2.45, 2.75) is 39.2 Å². The third-order valence-electron chi connectivity index (χ3n) is 4.29. The Kier molecular flexibility index (Phi) is 11.2. The highest BCUT2D eigenvalue weighted by molar-refractivity contribution is 14.0. The van der Waals surface area contributed by atoms with E-state index in [0.29, 0.717) is 50.3 Å². The molecule has 2 rings (SSSR count). The molecule has 0 bridgehead atoms. The number of guanidine groups is 1. The Hall–Kier alpha value is -1.14. The van der Waals surface area contributed by atoms with Gasteiger partial charge in [0.2, 0.25) is 10.0 Å². The molecule has 0 saturated heterocycles. The fourth-order valence-corrected chi connectivity index (χ4v) is 3.05. The average Bonchev–Trinajstić information content (AvgIpc) is 3.43. The molecule has 1 atom stereocenters. The second-order valence-corrected chi connectivity index (χ2v) is 8.92. The van der Waals surface area contributed by atoms with Crippen LogP contribution in [0.3, 0.4) is 0 Å². The molecular weight excluding hydrogens is 510 g/mol. The third kappa shape index (κ3) is 10.4. The number of nitrogens with one attached hydrogen (secondary N) is 3. The SMILES string of the molecule is CCNC(=NCCCNS(C)(=O)=O)NC(C)c1ccc(OCC2CC2)c(F)c1.I. The van der Waals surface area contributed by atoms with Crippen LogP contribution in [0.25, 0.3) is 0 Å². The van der Waals surface area contributed by atoms with Gasteiger partial charge < -0.3 is 15.4 Å². The van der Waals surface area contributed by atoms with Crippen molar-refractivity contribution in [3.05, 3.63) is 29.6 Å². The van der Waals surface area contributed by atoms with E-state index in [2.05, 4.69) is 20.3 Å². The van der Waals surface area contributed by atoms with Crippen molar-refractivity contribution >= 4 is 40.0 Å². The van der Waals surface area contributed by atoms with E-state index in [4.69, 9.17) is 4.74 Å². The molecule has 166 valence electrons. The standard InChI is InChI=1S/C19H31FN4O3S.HI/c1-4-21-19(22-10-5-11-23-28(3,25)26)24-14(2)16-8-9-18(17(20)12-16)27-13-15-6-7-15;/h8-9,12,14-15,23H,4-7,10-11,13H2,1-3H3,(H2,21,22,24);1H. The first-order valence-corrected chi connectivity index (χ1v) is 11.6. The molecule has 1 aromatic carbocycles. The van der Waals surface area contributed by atoms with Gasteiger partial charge in [-0.2, -0.15) is 0 Å². The summed E-state index contributed by atoms with van der Waals surface area (Å²) in [5.41, 5.74) is 0.792. The summed E-state index contributed by atoms with van der Waals surface area (Å²) in [6.07, 6.45) is 4.04. The molecule has 29 heavy (non-hydrogen) atoms. The Bertz CT molecular complexity index is 773. The number of rotatable bonds is 11. The zero-order valence-corrected chi connectivity index (χ0v) is 20.3. The summed E-state index contributed by atoms with van der Waals surface area (Å²) in [5.74, 6) is 1.11. The smallest absolute Gasteiger partial charge is 0.208 e. The fraction of sp³-hybridized carbons (Fsp3) is 0.632. The summed E-state index contributed by atoms with van der Waals surface area (Å²) >= 11 is 0. The van der Waals surface area contributed by atoms with E-state index < -0.39 is 10.0 Å². The number of hydrogen-bond acceptors (Lipinski definition) is 4. The zero-order chi connectivity index (χ0) is 20.6. The van der Waals surface area contributed by atoms with E-state index >= 15 is 0 Å². The van der Waals surface area contributed by atoms with E-state index in [9.17, 15) is 12.8 Å². The Morgan fingerprint density at radius 2 is 2.10 bits per heavy atom. The number of aliphatic imine (C=N–C) groups is 1. The Morgan fingerprint density at radius 1 is 1.38 bits per heavy atom. The number of nitrogens with zero attached hydrogens (tertiary/aromatic N) is 1. The Morgan fingerprint density at radius 3 is 2.69 bits per heavy atom. The quantitative estimate of drug-likeness (QED) is 0.173. The number of ether oxygens (including phenoxy) is 1. The van der Waals surface area contributed by atoms with Crippen LogP contribution in [-0.2, 0) is 10.0 Å². The van der Waals surface area contributed by atoms with Crippen molar-refractivity contribution < 1.29 is 17.5 Å². The van der Waals surface area contributed by atoms with Gasteiger partial charge in [-0.15, -0.1) is 24.0 Å². The molecule has 1 aliphatic rings. The van der Waals surface area contributed by atoms with Crippen molar-refractivity contribution in [1.82, 2.24) is 15.4 Å². The first-order valence-electron chi connectivity index (χ1n) is 9.70. The molecule has 1 saturated carbocycles. The summed E-state index contributed by atoms with van der Waals surface area (Å²) in [4.78, 5) is 4.44. The second-order valence-electron chi connectivity index (χ2n) is 7.09. The maximum absolute atomic E-state index is 14.3. The van der Waals surface area contributed by atoms with Crippen LogP contribution in [0.5, 0.6) is 5.75 Å². The molecule has 0 radical (unpaired) electrons. The number of benzene rings is 1. The Labute approximate surface area is 190 Å². The van der Waals surface area contributed by atoms with Crippen molar-refractivity contribution in [2.24, 2.45) is 10.9 Å². The van der Waals surface area contributed by atoms with Gasteiger partial charge in [-0.1, -0.05) is 6.07 Å². The minimum absolute atomic E-state index is 0. The van der Waals surface area contributed by atoms with Gasteiger partial charge in [0.15, 0.2) is 17.5 Å². The minimum atomic E-state index is -3.18. The lowest BCUT2D eigenvalue weighted by Gasteiger charge is -2.19. The average molecular weight is 542 g/mol. The third-order valence-corrected chi connectivity index (χ3v) is 5.02. The highest BCUT2D eigenvalue weighted by Crippen LogP contribution is 2.30. The normalized spacial score (nSPS) is 15.4. The van der Waals surface area contributed by atoms with Crippen LogP contribution in [0.4, 0.5) is 4.39 Å². The van der Waals surface area contributed by atoms with E-state index in [1.807, 2.05) is 19.9 Å². The summed E-state index contributed by atoms with van der Waals surface area (Å²) in [5, 5.41) is 6.38. The largest absolute Gasteiger partial charge is 0.490 e. The topological polar surface area (TPSA) is 91.8 Å². The molecule has 1 fully saturated rings. The van der Waals surface area contributed by atoms with Crippen molar-refractivity contribution in [2.75, 3.05) is 32.5 Å². The van der Waals surface area contributed by atoms with Crippen LogP contribution < -0.4 is 20.1 Å². The van der Waals surface area contributed by atoms with Crippen LogP contribution >= 0.6 is 24.0 Å². The molecule has 0 amide bonds. The zero-order valence-electron chi connectivity index (χ0n) is 17.2. The summed E-state index contributed by atoms with van der Waals surface area (Å²) in [6, 6.07) is 4.85. The van der Waals surface area contributed by atoms with E-state index in [0.717, 1.165) is 24.7 Å². The maximum Gasteiger partial charge on any atom is 0.208 e. The van der Waals surface area contributed by atoms with Crippen LogP contribution in [0.1, 0.15) is 44.7 Å². The van der Waals surface area contributed by atoms with E-state index in [1.165, 1.54) is 6.07 Å². The molecular formula is C19H32FIN4O3S. The van der Waals surface area contributed by atoms with Crippen LogP contribution in [0.2, 0.25) is 0 Å². The minimum Gasteiger partial charge on any atom is -0.490 e. The first-order chi connectivity index (χ1) is 13.3. The number of hydrogen-bond donors (Lipinski definition) is 3. The maximum atomic E-state index is 14.3. The summed E-state index contributed by atoms with van der Waals surface area (Å²) in [7, 11) is -3.18. The molecule has 7 nitrogen and oxygen atoms in total. The highest BCUT2D eigenvalue weighted by atomic mass is 127. The van der Waals surface area contributed by atoms with Gasteiger partial charge in [-0.05, 0) is 56.7 Å². The van der Waals surface area contributed by atoms with Gasteiger partial charge in [0, 0.05) is 19.6 Å². The number of sulfonamides is 1. The molecule has 0 spiro atoms. The molecule has 3 N–H and O–H groups in total. The highest BCUT2D eigenvalue weighted by Gasteiger charge is 2.22. The lowest BCUT2D eigenvalue weighted by Crippen LogP contribution is -2.39. The van der Waals surface area contributed by atoms with Gasteiger partial charge in [-0.25, -0.2) is 17.5 Å². The lowest BCUT2D eigenvalue weighted by molar-refractivity contribution is 0.285. The first kappa shape index (κ1) is 25.9. The number of halogens is 2. The predicted molar refractivity (Wildman–Crippen MR) is 125 cm³/mol. The molecule has 0 heterocycles.